The third-order valence-corrected chi connectivity index (χ3v) is 5.69. The van der Waals surface area contributed by atoms with E-state index in [1.807, 2.05) is 13.0 Å². The van der Waals surface area contributed by atoms with Gasteiger partial charge in [-0.25, -0.2) is 4.79 Å². The van der Waals surface area contributed by atoms with E-state index in [0.717, 1.165) is 10.6 Å². The summed E-state index contributed by atoms with van der Waals surface area (Å²) in [6, 6.07) is 13.1. The van der Waals surface area contributed by atoms with E-state index in [-0.39, 0.29) is 12.6 Å². The van der Waals surface area contributed by atoms with Crippen molar-refractivity contribution in [3.8, 4) is 0 Å². The van der Waals surface area contributed by atoms with E-state index in [1.165, 1.54) is 0 Å². The first-order chi connectivity index (χ1) is 14.3. The Bertz CT molecular complexity index is 970. The molecule has 7 nitrogen and oxygen atoms in total. The van der Waals surface area contributed by atoms with E-state index in [2.05, 4.69) is 16.1 Å². The number of imide groups is 1. The molecule has 30 heavy (non-hydrogen) atoms. The Morgan fingerprint density at radius 1 is 1.17 bits per heavy atom. The van der Waals surface area contributed by atoms with Crippen LogP contribution in [-0.4, -0.2) is 29.4 Å². The van der Waals surface area contributed by atoms with E-state index < -0.39 is 23.4 Å². The van der Waals surface area contributed by atoms with Gasteiger partial charge in [0.15, 0.2) is 0 Å². The number of amides is 4. The summed E-state index contributed by atoms with van der Waals surface area (Å²) in [5, 5.41) is 7.47. The topological polar surface area (TPSA) is 90.5 Å². The first-order valence-electron chi connectivity index (χ1n) is 9.48. The highest BCUT2D eigenvalue weighted by atomic mass is 35.5. The SMILES string of the molecule is CC[C@]1(c2ccccc2)NC(=O)N(NC(=O)CN[C@@H](C)c2ccc(Cl)cc2Cl)C1=O. The van der Waals surface area contributed by atoms with E-state index in [9.17, 15) is 14.4 Å². The number of urea groups is 1. The van der Waals surface area contributed by atoms with Crippen LogP contribution in [0, 0.1) is 0 Å². The highest BCUT2D eigenvalue weighted by molar-refractivity contribution is 6.35. The molecule has 9 heteroatoms. The molecule has 0 bridgehead atoms. The normalized spacial score (nSPS) is 19.5. The van der Waals surface area contributed by atoms with Crippen molar-refractivity contribution in [1.82, 2.24) is 21.1 Å². The third kappa shape index (κ3) is 4.28. The first-order valence-corrected chi connectivity index (χ1v) is 10.2. The number of benzene rings is 2. The van der Waals surface area contributed by atoms with Crippen molar-refractivity contribution in [3.05, 3.63) is 69.7 Å². The van der Waals surface area contributed by atoms with Crippen LogP contribution in [0.1, 0.15) is 37.4 Å². The van der Waals surface area contributed by atoms with E-state index in [1.54, 1.807) is 49.4 Å². The lowest BCUT2D eigenvalue weighted by Crippen LogP contribution is -2.50. The van der Waals surface area contributed by atoms with Gasteiger partial charge in [-0.15, -0.1) is 0 Å². The quantitative estimate of drug-likeness (QED) is 0.565. The molecule has 1 aliphatic heterocycles. The molecule has 4 amide bonds. The number of carbonyl (C=O) groups is 3. The molecule has 0 aromatic heterocycles. The average molecular weight is 449 g/mol. The molecule has 0 spiro atoms. The van der Waals surface area contributed by atoms with Gasteiger partial charge in [0.2, 0.25) is 0 Å². The van der Waals surface area contributed by atoms with Crippen molar-refractivity contribution >= 4 is 41.0 Å². The predicted molar refractivity (Wildman–Crippen MR) is 115 cm³/mol. The average Bonchev–Trinajstić information content (AvgIpc) is 2.97. The minimum atomic E-state index is -1.21. The second kappa shape index (κ2) is 9.04. The van der Waals surface area contributed by atoms with E-state index in [0.29, 0.717) is 22.0 Å². The summed E-state index contributed by atoms with van der Waals surface area (Å²) in [5.41, 5.74) is 2.61. The lowest BCUT2D eigenvalue weighted by Gasteiger charge is -2.25. The minimum Gasteiger partial charge on any atom is -0.318 e. The monoisotopic (exact) mass is 448 g/mol. The molecule has 1 saturated heterocycles. The number of carbonyl (C=O) groups excluding carboxylic acids is 3. The smallest absolute Gasteiger partial charge is 0.318 e. The number of hydrogen-bond donors (Lipinski definition) is 3. The standard InChI is InChI=1S/C21H22Cl2N4O3/c1-3-21(14-7-5-4-6-8-14)19(29)27(20(30)25-21)26-18(28)12-24-13(2)16-10-9-15(22)11-17(16)23/h4-11,13,24H,3,12H2,1-2H3,(H,25,30)(H,26,28)/t13-,21+/m0/s1. The van der Waals surface area contributed by atoms with Gasteiger partial charge in [-0.1, -0.05) is 66.5 Å². The van der Waals surface area contributed by atoms with Crippen molar-refractivity contribution < 1.29 is 14.4 Å². The summed E-state index contributed by atoms with van der Waals surface area (Å²) in [4.78, 5) is 37.9. The van der Waals surface area contributed by atoms with E-state index >= 15 is 0 Å². The highest BCUT2D eigenvalue weighted by Crippen LogP contribution is 2.31. The van der Waals surface area contributed by atoms with Gasteiger partial charge in [-0.05, 0) is 36.6 Å². The maximum absolute atomic E-state index is 13.0. The van der Waals surface area contributed by atoms with Crippen molar-refractivity contribution in [3.63, 3.8) is 0 Å². The Morgan fingerprint density at radius 3 is 2.50 bits per heavy atom. The summed E-state index contributed by atoms with van der Waals surface area (Å²) in [7, 11) is 0. The molecule has 0 radical (unpaired) electrons. The zero-order valence-corrected chi connectivity index (χ0v) is 18.1. The van der Waals surface area contributed by atoms with Gasteiger partial charge in [0.1, 0.15) is 5.54 Å². The molecule has 1 fully saturated rings. The number of nitrogens with zero attached hydrogens (tertiary/aromatic N) is 1. The number of halogens is 2. The van der Waals surface area contributed by atoms with Crippen LogP contribution in [0.15, 0.2) is 48.5 Å². The third-order valence-electron chi connectivity index (χ3n) is 5.12. The molecule has 0 aliphatic carbocycles. The maximum atomic E-state index is 13.0. The van der Waals surface area contributed by atoms with Crippen LogP contribution in [0.5, 0.6) is 0 Å². The van der Waals surface area contributed by atoms with Crippen LogP contribution >= 0.6 is 23.2 Å². The molecule has 2 aromatic carbocycles. The van der Waals surface area contributed by atoms with Gasteiger partial charge in [0.25, 0.3) is 11.8 Å². The van der Waals surface area contributed by atoms with Crippen LogP contribution in [0.2, 0.25) is 10.0 Å². The zero-order valence-electron chi connectivity index (χ0n) is 16.5. The Balaban J connectivity index is 1.65. The molecule has 158 valence electrons. The van der Waals surface area contributed by atoms with Crippen molar-refractivity contribution in [2.75, 3.05) is 6.54 Å². The fraction of sp³-hybridized carbons (Fsp3) is 0.286. The number of hydrazine groups is 1. The highest BCUT2D eigenvalue weighted by Gasteiger charge is 2.52. The molecule has 0 unspecified atom stereocenters. The molecule has 0 saturated carbocycles. The molecule has 3 N–H and O–H groups in total. The molecule has 1 aliphatic rings. The van der Waals surface area contributed by atoms with Gasteiger partial charge in [0.05, 0.1) is 6.54 Å². The predicted octanol–water partition coefficient (Wildman–Crippen LogP) is 3.53. The van der Waals surface area contributed by atoms with Gasteiger partial charge in [-0.3, -0.25) is 15.0 Å². The Morgan fingerprint density at radius 2 is 1.87 bits per heavy atom. The molecule has 2 aromatic rings. The lowest BCUT2D eigenvalue weighted by molar-refractivity contribution is -0.139. The van der Waals surface area contributed by atoms with E-state index in [4.69, 9.17) is 23.2 Å². The van der Waals surface area contributed by atoms with Crippen molar-refractivity contribution in [2.45, 2.75) is 31.8 Å². The summed E-state index contributed by atoms with van der Waals surface area (Å²) < 4.78 is 0. The fourth-order valence-electron chi connectivity index (χ4n) is 3.41. The van der Waals surface area contributed by atoms with Crippen LogP contribution in [-0.2, 0) is 15.1 Å². The summed E-state index contributed by atoms with van der Waals surface area (Å²) in [5.74, 6) is -1.06. The Hall–Kier alpha value is -2.61. The minimum absolute atomic E-state index is 0.123. The van der Waals surface area contributed by atoms with Crippen LogP contribution < -0.4 is 16.1 Å². The van der Waals surface area contributed by atoms with Crippen molar-refractivity contribution in [2.24, 2.45) is 0 Å². The van der Waals surface area contributed by atoms with Gasteiger partial charge in [0, 0.05) is 16.1 Å². The van der Waals surface area contributed by atoms with Gasteiger partial charge in [-0.2, -0.15) is 5.01 Å². The molecular weight excluding hydrogens is 427 g/mol. The Kier molecular flexibility index (Phi) is 6.65. The summed E-state index contributed by atoms with van der Waals surface area (Å²) in [6.45, 7) is 3.52. The number of nitrogens with one attached hydrogen (secondary N) is 3. The number of hydrogen-bond acceptors (Lipinski definition) is 4. The molecule has 2 atom stereocenters. The van der Waals surface area contributed by atoms with Crippen LogP contribution in [0.25, 0.3) is 0 Å². The van der Waals surface area contributed by atoms with Crippen LogP contribution in [0.3, 0.4) is 0 Å². The summed E-state index contributed by atoms with van der Waals surface area (Å²) >= 11 is 12.1. The second-order valence-electron chi connectivity index (χ2n) is 7.00. The largest absolute Gasteiger partial charge is 0.344 e. The molecule has 3 rings (SSSR count). The maximum Gasteiger partial charge on any atom is 0.344 e. The summed E-state index contributed by atoms with van der Waals surface area (Å²) in [6.07, 6.45) is 0.346. The van der Waals surface area contributed by atoms with Gasteiger partial charge >= 0.3 is 6.03 Å². The lowest BCUT2D eigenvalue weighted by atomic mass is 9.87. The first kappa shape index (κ1) is 22.1. The van der Waals surface area contributed by atoms with Crippen LogP contribution in [0.4, 0.5) is 4.79 Å². The molecule has 1 heterocycles. The zero-order chi connectivity index (χ0) is 21.9. The second-order valence-corrected chi connectivity index (χ2v) is 7.84. The molecular formula is C21H22Cl2N4O3. The van der Waals surface area contributed by atoms with Gasteiger partial charge < -0.3 is 10.6 Å². The Labute approximate surface area is 184 Å². The fourth-order valence-corrected chi connectivity index (χ4v) is 3.98. The van der Waals surface area contributed by atoms with Crippen molar-refractivity contribution in [1.29, 1.82) is 0 Å². The number of rotatable bonds is 7.